The van der Waals surface area contributed by atoms with Crippen LogP contribution < -0.4 is 4.90 Å². The van der Waals surface area contributed by atoms with Crippen LogP contribution in [0.25, 0.3) is 0 Å². The fourth-order valence-corrected chi connectivity index (χ4v) is 6.45. The number of anilines is 1. The average Bonchev–Trinajstić information content (AvgIpc) is 3.21. The van der Waals surface area contributed by atoms with Crippen molar-refractivity contribution in [1.29, 1.82) is 0 Å². The predicted molar refractivity (Wildman–Crippen MR) is 125 cm³/mol. The molecule has 0 N–H and O–H groups in total. The Morgan fingerprint density at radius 2 is 1.48 bits per heavy atom. The second-order valence-electron chi connectivity index (χ2n) is 9.08. The summed E-state index contributed by atoms with van der Waals surface area (Å²) in [5, 5.41) is 11.8. The van der Waals surface area contributed by atoms with E-state index in [2.05, 4.69) is 4.90 Å². The molecule has 0 radical (unpaired) electrons. The lowest BCUT2D eigenvalue weighted by Gasteiger charge is -2.36. The molecule has 0 aromatic heterocycles. The molecule has 10 nitrogen and oxygen atoms in total. The highest BCUT2D eigenvalue weighted by Crippen LogP contribution is 2.33. The fraction of sp³-hybridized carbons (Fsp3) is 0.682. The summed E-state index contributed by atoms with van der Waals surface area (Å²) in [6, 6.07) is 4.26. The van der Waals surface area contributed by atoms with Gasteiger partial charge in [-0.3, -0.25) is 19.8 Å². The maximum Gasteiger partial charge on any atom is 0.293 e. The number of rotatable bonds is 6. The second-order valence-corrected chi connectivity index (χ2v) is 11.0. The third kappa shape index (κ3) is 5.47. The van der Waals surface area contributed by atoms with Crippen molar-refractivity contribution in [2.45, 2.75) is 43.4 Å². The lowest BCUT2D eigenvalue weighted by atomic mass is 10.2. The molecule has 0 aliphatic carbocycles. The van der Waals surface area contributed by atoms with Gasteiger partial charge in [0.15, 0.2) is 0 Å². The molecule has 33 heavy (non-hydrogen) atoms. The highest BCUT2D eigenvalue weighted by Gasteiger charge is 2.31. The van der Waals surface area contributed by atoms with Crippen molar-refractivity contribution in [2.24, 2.45) is 0 Å². The van der Waals surface area contributed by atoms with Gasteiger partial charge in [0.1, 0.15) is 5.69 Å². The Hall–Kier alpha value is -2.24. The zero-order valence-electron chi connectivity index (χ0n) is 19.0. The first-order valence-corrected chi connectivity index (χ1v) is 13.3. The molecule has 0 saturated carbocycles. The molecule has 0 bridgehead atoms. The van der Waals surface area contributed by atoms with Gasteiger partial charge in [-0.05, 0) is 37.8 Å². The van der Waals surface area contributed by atoms with Crippen molar-refractivity contribution in [3.05, 3.63) is 28.3 Å². The first kappa shape index (κ1) is 23.9. The van der Waals surface area contributed by atoms with E-state index in [1.807, 2.05) is 9.80 Å². The van der Waals surface area contributed by atoms with Crippen molar-refractivity contribution in [3.63, 3.8) is 0 Å². The Morgan fingerprint density at radius 1 is 0.879 bits per heavy atom. The number of nitro benzene ring substituents is 1. The van der Waals surface area contributed by atoms with Crippen LogP contribution in [-0.4, -0.2) is 92.3 Å². The third-order valence-electron chi connectivity index (χ3n) is 6.88. The Kier molecular flexibility index (Phi) is 7.50. The van der Waals surface area contributed by atoms with Gasteiger partial charge in [-0.2, -0.15) is 4.31 Å². The van der Waals surface area contributed by atoms with Crippen LogP contribution in [0, 0.1) is 10.1 Å². The molecule has 3 aliphatic heterocycles. The number of nitro groups is 1. The minimum Gasteiger partial charge on any atom is -0.363 e. The molecule has 3 aliphatic rings. The molecule has 0 unspecified atom stereocenters. The fourth-order valence-electron chi connectivity index (χ4n) is 4.91. The topological polar surface area (TPSA) is 107 Å². The summed E-state index contributed by atoms with van der Waals surface area (Å²) in [6.07, 6.45) is 5.74. The maximum atomic E-state index is 13.1. The van der Waals surface area contributed by atoms with Gasteiger partial charge in [-0.1, -0.05) is 12.8 Å². The van der Waals surface area contributed by atoms with Crippen LogP contribution in [0.4, 0.5) is 11.4 Å². The Morgan fingerprint density at radius 3 is 2.09 bits per heavy atom. The molecular weight excluding hydrogens is 446 g/mol. The average molecular weight is 480 g/mol. The molecule has 1 aromatic carbocycles. The van der Waals surface area contributed by atoms with Gasteiger partial charge in [0, 0.05) is 58.4 Å². The minimum absolute atomic E-state index is 0.0188. The summed E-state index contributed by atoms with van der Waals surface area (Å²) in [5.41, 5.74) is 0.243. The van der Waals surface area contributed by atoms with Gasteiger partial charge in [0.05, 0.1) is 16.4 Å². The number of likely N-dealkylation sites (tertiary alicyclic amines) is 1. The van der Waals surface area contributed by atoms with E-state index in [4.69, 9.17) is 0 Å². The molecule has 3 heterocycles. The van der Waals surface area contributed by atoms with Crippen molar-refractivity contribution in [2.75, 3.05) is 63.8 Å². The van der Waals surface area contributed by atoms with Gasteiger partial charge in [-0.15, -0.1) is 0 Å². The predicted octanol–water partition coefficient (Wildman–Crippen LogP) is 1.90. The molecule has 3 saturated heterocycles. The summed E-state index contributed by atoms with van der Waals surface area (Å²) in [7, 11) is -3.76. The smallest absolute Gasteiger partial charge is 0.293 e. The lowest BCUT2D eigenvalue weighted by molar-refractivity contribution is -0.384. The molecule has 4 rings (SSSR count). The molecule has 1 amide bonds. The van der Waals surface area contributed by atoms with E-state index in [9.17, 15) is 23.3 Å². The van der Waals surface area contributed by atoms with E-state index in [1.165, 1.54) is 16.4 Å². The quantitative estimate of drug-likeness (QED) is 0.453. The number of hydrogen-bond acceptors (Lipinski definition) is 7. The van der Waals surface area contributed by atoms with Gasteiger partial charge in [-0.25, -0.2) is 8.42 Å². The molecule has 1 aromatic rings. The van der Waals surface area contributed by atoms with Crippen LogP contribution in [0.5, 0.6) is 0 Å². The van der Waals surface area contributed by atoms with Crippen LogP contribution in [0.1, 0.15) is 38.5 Å². The number of benzene rings is 1. The summed E-state index contributed by atoms with van der Waals surface area (Å²) < 4.78 is 27.7. The standard InChI is InChI=1S/C22H33N5O5S/c28-22(25-9-5-6-10-25)18-23-13-15-24(16-14-23)20-8-7-19(17-21(20)27(29)30)33(31,32)26-11-3-1-2-4-12-26/h7-8,17H,1-6,9-16,18H2. The molecule has 0 atom stereocenters. The summed E-state index contributed by atoms with van der Waals surface area (Å²) in [4.78, 5) is 29.6. The summed E-state index contributed by atoms with van der Waals surface area (Å²) in [6.45, 7) is 5.30. The van der Waals surface area contributed by atoms with Crippen LogP contribution in [0.15, 0.2) is 23.1 Å². The third-order valence-corrected chi connectivity index (χ3v) is 8.77. The Balaban J connectivity index is 1.45. The van der Waals surface area contributed by atoms with E-state index in [1.54, 1.807) is 6.07 Å². The maximum absolute atomic E-state index is 13.1. The highest BCUT2D eigenvalue weighted by atomic mass is 32.2. The van der Waals surface area contributed by atoms with Crippen molar-refractivity contribution < 1.29 is 18.1 Å². The minimum atomic E-state index is -3.76. The van der Waals surface area contributed by atoms with Crippen LogP contribution in [0.2, 0.25) is 0 Å². The van der Waals surface area contributed by atoms with E-state index < -0.39 is 14.9 Å². The zero-order chi connectivity index (χ0) is 23.4. The number of piperazine rings is 1. The first-order chi connectivity index (χ1) is 15.9. The number of hydrogen-bond donors (Lipinski definition) is 0. The van der Waals surface area contributed by atoms with Crippen molar-refractivity contribution in [1.82, 2.24) is 14.1 Å². The molecule has 182 valence electrons. The van der Waals surface area contributed by atoms with E-state index >= 15 is 0 Å². The number of amides is 1. The normalized spacial score (nSPS) is 21.2. The van der Waals surface area contributed by atoms with Crippen molar-refractivity contribution >= 4 is 27.3 Å². The van der Waals surface area contributed by atoms with Gasteiger partial charge >= 0.3 is 0 Å². The van der Waals surface area contributed by atoms with E-state index in [0.717, 1.165) is 51.6 Å². The Bertz CT molecular complexity index is 963. The van der Waals surface area contributed by atoms with Crippen LogP contribution >= 0.6 is 0 Å². The molecule has 3 fully saturated rings. The molecule has 11 heteroatoms. The summed E-state index contributed by atoms with van der Waals surface area (Å²) >= 11 is 0. The van der Waals surface area contributed by atoms with Crippen LogP contribution in [-0.2, 0) is 14.8 Å². The number of sulfonamides is 1. The molecular formula is C22H33N5O5S. The highest BCUT2D eigenvalue weighted by molar-refractivity contribution is 7.89. The molecule has 0 spiro atoms. The second kappa shape index (κ2) is 10.4. The lowest BCUT2D eigenvalue weighted by Crippen LogP contribution is -2.50. The van der Waals surface area contributed by atoms with Gasteiger partial charge < -0.3 is 9.80 Å². The van der Waals surface area contributed by atoms with Crippen LogP contribution in [0.3, 0.4) is 0 Å². The van der Waals surface area contributed by atoms with Gasteiger partial charge in [0.2, 0.25) is 15.9 Å². The SMILES string of the molecule is O=C(CN1CCN(c2ccc(S(=O)(=O)N3CCCCCC3)cc2[N+](=O)[O-])CC1)N1CCCC1. The Labute approximate surface area is 195 Å². The largest absolute Gasteiger partial charge is 0.363 e. The first-order valence-electron chi connectivity index (χ1n) is 11.9. The van der Waals surface area contributed by atoms with E-state index in [-0.39, 0.29) is 16.5 Å². The summed E-state index contributed by atoms with van der Waals surface area (Å²) in [5.74, 6) is 0.148. The number of carbonyl (C=O) groups excluding carboxylic acids is 1. The van der Waals surface area contributed by atoms with E-state index in [0.29, 0.717) is 51.5 Å². The van der Waals surface area contributed by atoms with Crippen molar-refractivity contribution in [3.8, 4) is 0 Å². The monoisotopic (exact) mass is 479 g/mol. The van der Waals surface area contributed by atoms with Gasteiger partial charge in [0.25, 0.3) is 5.69 Å². The number of carbonyl (C=O) groups is 1. The number of nitrogens with zero attached hydrogens (tertiary/aromatic N) is 5. The zero-order valence-corrected chi connectivity index (χ0v) is 19.8.